The van der Waals surface area contributed by atoms with Gasteiger partial charge >= 0.3 is 6.03 Å². The molecular formula is C19H23ClN3O2S+. The third-order valence-corrected chi connectivity index (χ3v) is 6.14. The Kier molecular flexibility index (Phi) is 5.65. The summed E-state index contributed by atoms with van der Waals surface area (Å²) in [5.74, 6) is -0.175. The average Bonchev–Trinajstić information content (AvgIpc) is 3.17. The Morgan fingerprint density at radius 2 is 1.88 bits per heavy atom. The molecule has 1 aromatic heterocycles. The summed E-state index contributed by atoms with van der Waals surface area (Å²) >= 11 is 7.54. The zero-order valence-corrected chi connectivity index (χ0v) is 16.5. The normalized spacial score (nSPS) is 21.1. The van der Waals surface area contributed by atoms with E-state index in [-0.39, 0.29) is 11.9 Å². The molecule has 2 atom stereocenters. The fraction of sp³-hybridized carbons (Fsp3) is 0.368. The van der Waals surface area contributed by atoms with Crippen molar-refractivity contribution in [2.45, 2.75) is 32.4 Å². The number of carbonyl (C=O) groups is 2. The van der Waals surface area contributed by atoms with Gasteiger partial charge in [-0.25, -0.2) is 9.69 Å². The number of hydrogen-bond acceptors (Lipinski definition) is 3. The molecule has 26 heavy (non-hydrogen) atoms. The monoisotopic (exact) mass is 392 g/mol. The van der Waals surface area contributed by atoms with Crippen LogP contribution in [0, 0.1) is 0 Å². The lowest BCUT2D eigenvalue weighted by atomic mass is 9.87. The lowest BCUT2D eigenvalue weighted by Crippen LogP contribution is -3.12. The number of carbonyl (C=O) groups excluding carboxylic acids is 2. The second kappa shape index (κ2) is 7.78. The highest BCUT2D eigenvalue weighted by molar-refractivity contribution is 7.16. The number of quaternary nitrogens is 1. The van der Waals surface area contributed by atoms with Gasteiger partial charge in [-0.2, -0.15) is 0 Å². The van der Waals surface area contributed by atoms with E-state index >= 15 is 0 Å². The van der Waals surface area contributed by atoms with Crippen molar-refractivity contribution in [2.75, 3.05) is 13.2 Å². The number of nitrogens with zero attached hydrogens (tertiary/aromatic N) is 1. The van der Waals surface area contributed by atoms with Gasteiger partial charge in [0.2, 0.25) is 0 Å². The van der Waals surface area contributed by atoms with Gasteiger partial charge in [-0.3, -0.25) is 4.79 Å². The molecular weight excluding hydrogens is 370 g/mol. The van der Waals surface area contributed by atoms with E-state index in [2.05, 4.69) is 5.32 Å². The van der Waals surface area contributed by atoms with Gasteiger partial charge in [-0.15, -0.1) is 11.3 Å². The average molecular weight is 393 g/mol. The predicted molar refractivity (Wildman–Crippen MR) is 103 cm³/mol. The summed E-state index contributed by atoms with van der Waals surface area (Å²) in [5, 5.41) is 2.94. The van der Waals surface area contributed by atoms with Crippen LogP contribution in [0.3, 0.4) is 0 Å². The molecule has 1 saturated heterocycles. The molecule has 2 aromatic rings. The second-order valence-corrected chi connectivity index (χ2v) is 8.23. The first-order valence-corrected chi connectivity index (χ1v) is 9.97. The van der Waals surface area contributed by atoms with Crippen molar-refractivity contribution in [3.05, 3.63) is 57.2 Å². The van der Waals surface area contributed by atoms with Gasteiger partial charge in [0.1, 0.15) is 12.1 Å². The van der Waals surface area contributed by atoms with E-state index in [9.17, 15) is 9.59 Å². The van der Waals surface area contributed by atoms with Crippen LogP contribution < -0.4 is 10.2 Å². The first kappa shape index (κ1) is 18.9. The summed E-state index contributed by atoms with van der Waals surface area (Å²) in [6, 6.07) is 13.0. The zero-order chi connectivity index (χ0) is 18.7. The molecule has 1 aromatic carbocycles. The minimum atomic E-state index is -0.969. The smallest absolute Gasteiger partial charge is 0.319 e. The highest BCUT2D eigenvalue weighted by atomic mass is 35.5. The molecule has 0 bridgehead atoms. The minimum absolute atomic E-state index is 0.175. The third kappa shape index (κ3) is 3.49. The zero-order valence-electron chi connectivity index (χ0n) is 14.9. The molecule has 1 unspecified atom stereocenters. The maximum absolute atomic E-state index is 13.2. The molecule has 0 spiro atoms. The van der Waals surface area contributed by atoms with Gasteiger partial charge in [0.05, 0.1) is 15.8 Å². The van der Waals surface area contributed by atoms with Gasteiger partial charge in [0.25, 0.3) is 5.91 Å². The maximum atomic E-state index is 13.2. The highest BCUT2D eigenvalue weighted by Crippen LogP contribution is 2.31. The molecule has 138 valence electrons. The van der Waals surface area contributed by atoms with E-state index in [0.29, 0.717) is 13.1 Å². The van der Waals surface area contributed by atoms with Crippen LogP contribution in [-0.4, -0.2) is 30.1 Å². The van der Waals surface area contributed by atoms with Crippen LogP contribution in [0.4, 0.5) is 4.79 Å². The Balaban J connectivity index is 1.79. The molecule has 2 heterocycles. The van der Waals surface area contributed by atoms with Crippen LogP contribution in [0.25, 0.3) is 0 Å². The Labute approximate surface area is 162 Å². The first-order valence-electron chi connectivity index (χ1n) is 8.77. The molecule has 7 heteroatoms. The summed E-state index contributed by atoms with van der Waals surface area (Å²) in [6.07, 6.45) is 0.514. The standard InChI is InChI=1S/C19H22ClN3O2S/c1-3-19(14-8-6-5-7-9-14)17(24)23(18(25)21-19)13-22(4-2)12-15-10-11-16(20)26-15/h5-11H,3-4,12-13H2,1-2H3,(H,21,25)/p+1/t19-/m1/s1. The lowest BCUT2D eigenvalue weighted by Gasteiger charge is -2.26. The van der Waals surface area contributed by atoms with Gasteiger partial charge in [0.15, 0.2) is 6.67 Å². The van der Waals surface area contributed by atoms with Gasteiger partial charge in [0, 0.05) is 0 Å². The summed E-state index contributed by atoms with van der Waals surface area (Å²) in [4.78, 5) is 29.4. The Hall–Kier alpha value is -1.89. The molecule has 0 aliphatic carbocycles. The van der Waals surface area contributed by atoms with E-state index < -0.39 is 5.54 Å². The largest absolute Gasteiger partial charge is 0.329 e. The Morgan fingerprint density at radius 1 is 1.15 bits per heavy atom. The number of amides is 3. The number of halogens is 1. The van der Waals surface area contributed by atoms with Crippen molar-refractivity contribution in [3.8, 4) is 0 Å². The number of imide groups is 1. The van der Waals surface area contributed by atoms with Crippen LogP contribution in [-0.2, 0) is 16.9 Å². The molecule has 1 aliphatic rings. The number of thiophene rings is 1. The number of urea groups is 1. The van der Waals surface area contributed by atoms with E-state index in [1.165, 1.54) is 16.2 Å². The predicted octanol–water partition coefficient (Wildman–Crippen LogP) is 2.62. The maximum Gasteiger partial charge on any atom is 0.329 e. The molecule has 0 radical (unpaired) electrons. The van der Waals surface area contributed by atoms with Crippen molar-refractivity contribution < 1.29 is 14.5 Å². The molecule has 0 saturated carbocycles. The van der Waals surface area contributed by atoms with Gasteiger partial charge < -0.3 is 10.2 Å². The van der Waals surface area contributed by atoms with Crippen molar-refractivity contribution in [3.63, 3.8) is 0 Å². The summed E-state index contributed by atoms with van der Waals surface area (Å²) in [6.45, 7) is 5.85. The van der Waals surface area contributed by atoms with E-state index in [0.717, 1.165) is 32.8 Å². The highest BCUT2D eigenvalue weighted by Gasteiger charge is 2.52. The summed E-state index contributed by atoms with van der Waals surface area (Å²) in [5.41, 5.74) is -0.143. The van der Waals surface area contributed by atoms with Crippen LogP contribution in [0.5, 0.6) is 0 Å². The Morgan fingerprint density at radius 3 is 2.46 bits per heavy atom. The fourth-order valence-electron chi connectivity index (χ4n) is 3.34. The van der Waals surface area contributed by atoms with Crippen molar-refractivity contribution >= 4 is 34.9 Å². The minimum Gasteiger partial charge on any atom is -0.319 e. The van der Waals surface area contributed by atoms with Crippen molar-refractivity contribution in [2.24, 2.45) is 0 Å². The molecule has 3 rings (SSSR count). The summed E-state index contributed by atoms with van der Waals surface area (Å²) < 4.78 is 0.750. The fourth-order valence-corrected chi connectivity index (χ4v) is 4.50. The SMILES string of the molecule is CC[NH+](Cc1ccc(Cl)s1)CN1C(=O)N[C@](CC)(c2ccccc2)C1=O. The van der Waals surface area contributed by atoms with Crippen LogP contribution in [0.15, 0.2) is 42.5 Å². The molecule has 5 nitrogen and oxygen atoms in total. The number of hydrogen-bond donors (Lipinski definition) is 2. The lowest BCUT2D eigenvalue weighted by molar-refractivity contribution is -0.919. The van der Waals surface area contributed by atoms with E-state index in [4.69, 9.17) is 11.6 Å². The first-order chi connectivity index (χ1) is 12.5. The molecule has 1 aliphatic heterocycles. The quantitative estimate of drug-likeness (QED) is 0.712. The van der Waals surface area contributed by atoms with Crippen LogP contribution >= 0.6 is 22.9 Å². The summed E-state index contributed by atoms with van der Waals surface area (Å²) in [7, 11) is 0. The second-order valence-electron chi connectivity index (χ2n) is 6.43. The van der Waals surface area contributed by atoms with E-state index in [1.54, 1.807) is 0 Å². The van der Waals surface area contributed by atoms with E-state index in [1.807, 2.05) is 56.3 Å². The van der Waals surface area contributed by atoms with Gasteiger partial charge in [-0.1, -0.05) is 48.9 Å². The molecule has 3 amide bonds. The van der Waals surface area contributed by atoms with Crippen LogP contribution in [0.1, 0.15) is 30.7 Å². The number of nitrogens with one attached hydrogen (secondary N) is 2. The van der Waals surface area contributed by atoms with Crippen molar-refractivity contribution in [1.29, 1.82) is 0 Å². The van der Waals surface area contributed by atoms with Crippen molar-refractivity contribution in [1.82, 2.24) is 10.2 Å². The van der Waals surface area contributed by atoms with Gasteiger partial charge in [-0.05, 0) is 31.0 Å². The van der Waals surface area contributed by atoms with Crippen LogP contribution in [0.2, 0.25) is 4.34 Å². The number of benzene rings is 1. The third-order valence-electron chi connectivity index (χ3n) is 4.91. The topological polar surface area (TPSA) is 53.9 Å². The molecule has 2 N–H and O–H groups in total. The molecule has 1 fully saturated rings. The Bertz CT molecular complexity index is 795. The number of rotatable bonds is 7.